The van der Waals surface area contributed by atoms with Gasteiger partial charge in [0, 0.05) is 0 Å². The Labute approximate surface area is 52.7 Å². The molecule has 0 heterocycles. The number of nitrogens with zero attached hydrogens (tertiary/aromatic N) is 2. The molecule has 2 nitrogen and oxygen atoms in total. The van der Waals surface area contributed by atoms with E-state index in [-0.39, 0.29) is 13.1 Å². The quantitative estimate of drug-likeness (QED) is 0.531. The first-order valence-corrected chi connectivity index (χ1v) is 2.50. The third-order valence-electron chi connectivity index (χ3n) is 0.790. The van der Waals surface area contributed by atoms with Crippen LogP contribution in [0.1, 0.15) is 0 Å². The molecule has 0 saturated carbocycles. The highest BCUT2D eigenvalue weighted by molar-refractivity contribution is 4.74. The van der Waals surface area contributed by atoms with Crippen molar-refractivity contribution < 1.29 is 8.78 Å². The third-order valence-corrected chi connectivity index (χ3v) is 0.790. The zero-order valence-electron chi connectivity index (χ0n) is 5.14. The van der Waals surface area contributed by atoms with Gasteiger partial charge in [0.15, 0.2) is 0 Å². The predicted octanol–water partition coefficient (Wildman–Crippen LogP) is 0.707. The van der Waals surface area contributed by atoms with Crippen LogP contribution in [0.2, 0.25) is 0 Å². The summed E-state index contributed by atoms with van der Waals surface area (Å²) < 4.78 is 22.9. The molecule has 0 fully saturated rings. The molecule has 0 bridgehead atoms. The summed E-state index contributed by atoms with van der Waals surface area (Å²) in [6.45, 7) is -0.266. The standard InChI is InChI=1S/C5H8F2N2/c1-9(3-2-8)4-5(6)7/h5H,3-4H2,1H3. The van der Waals surface area contributed by atoms with Gasteiger partial charge < -0.3 is 0 Å². The second-order valence-electron chi connectivity index (χ2n) is 1.75. The fraction of sp³-hybridized carbons (Fsp3) is 0.800. The van der Waals surface area contributed by atoms with Gasteiger partial charge in [-0.1, -0.05) is 0 Å². The highest BCUT2D eigenvalue weighted by Gasteiger charge is 2.05. The smallest absolute Gasteiger partial charge is 0.251 e. The van der Waals surface area contributed by atoms with Gasteiger partial charge in [-0.25, -0.2) is 8.78 Å². The van der Waals surface area contributed by atoms with E-state index < -0.39 is 6.43 Å². The monoisotopic (exact) mass is 134 g/mol. The molecule has 52 valence electrons. The minimum absolute atomic E-state index is 0.0599. The van der Waals surface area contributed by atoms with Crippen LogP contribution >= 0.6 is 0 Å². The normalized spacial score (nSPS) is 10.2. The molecular weight excluding hydrogens is 126 g/mol. The molecule has 0 aliphatic carbocycles. The number of nitriles is 1. The number of alkyl halides is 2. The molecule has 0 radical (unpaired) electrons. The Kier molecular flexibility index (Phi) is 3.89. The number of hydrogen-bond donors (Lipinski definition) is 0. The molecule has 0 amide bonds. The van der Waals surface area contributed by atoms with E-state index in [9.17, 15) is 8.78 Å². The van der Waals surface area contributed by atoms with E-state index in [1.165, 1.54) is 11.9 Å². The molecule has 0 aliphatic heterocycles. The number of rotatable bonds is 3. The molecule has 0 N–H and O–H groups in total. The van der Waals surface area contributed by atoms with Crippen LogP contribution in [0, 0.1) is 11.3 Å². The van der Waals surface area contributed by atoms with Crippen molar-refractivity contribution in [2.24, 2.45) is 0 Å². The van der Waals surface area contributed by atoms with Crippen LogP contribution in [0.15, 0.2) is 0 Å². The third kappa shape index (κ3) is 5.18. The fourth-order valence-electron chi connectivity index (χ4n) is 0.421. The van der Waals surface area contributed by atoms with Gasteiger partial charge in [0.05, 0.1) is 19.2 Å². The van der Waals surface area contributed by atoms with E-state index in [2.05, 4.69) is 0 Å². The number of hydrogen-bond acceptors (Lipinski definition) is 2. The molecule has 0 spiro atoms. The van der Waals surface area contributed by atoms with E-state index in [1.807, 2.05) is 0 Å². The molecule has 4 heteroatoms. The number of halogens is 2. The van der Waals surface area contributed by atoms with Crippen LogP contribution in [-0.4, -0.2) is 31.5 Å². The van der Waals surface area contributed by atoms with Gasteiger partial charge in [-0.2, -0.15) is 5.26 Å². The molecule has 0 aliphatic rings. The van der Waals surface area contributed by atoms with Crippen molar-refractivity contribution in [3.8, 4) is 6.07 Å². The maximum absolute atomic E-state index is 11.5. The molecular formula is C5H8F2N2. The van der Waals surface area contributed by atoms with Crippen molar-refractivity contribution in [1.82, 2.24) is 4.90 Å². The molecule has 0 aromatic rings. The summed E-state index contributed by atoms with van der Waals surface area (Å²) in [7, 11) is 1.48. The van der Waals surface area contributed by atoms with Crippen molar-refractivity contribution in [2.45, 2.75) is 6.43 Å². The van der Waals surface area contributed by atoms with Gasteiger partial charge in [0.25, 0.3) is 6.43 Å². The lowest BCUT2D eigenvalue weighted by Gasteiger charge is -2.09. The fourth-order valence-corrected chi connectivity index (χ4v) is 0.421. The second kappa shape index (κ2) is 4.21. The van der Waals surface area contributed by atoms with E-state index in [4.69, 9.17) is 5.26 Å². The van der Waals surface area contributed by atoms with E-state index in [0.29, 0.717) is 0 Å². The Balaban J connectivity index is 3.29. The Morgan fingerprint density at radius 3 is 2.56 bits per heavy atom. The SMILES string of the molecule is CN(CC#N)CC(F)F. The van der Waals surface area contributed by atoms with Crippen LogP contribution in [-0.2, 0) is 0 Å². The van der Waals surface area contributed by atoms with Gasteiger partial charge in [0.2, 0.25) is 0 Å². The van der Waals surface area contributed by atoms with Crippen molar-refractivity contribution in [3.63, 3.8) is 0 Å². The molecule has 0 aromatic heterocycles. The zero-order chi connectivity index (χ0) is 7.28. The Hall–Kier alpha value is -0.690. The van der Waals surface area contributed by atoms with Gasteiger partial charge in [0.1, 0.15) is 0 Å². The lowest BCUT2D eigenvalue weighted by Crippen LogP contribution is -2.24. The van der Waals surface area contributed by atoms with Gasteiger partial charge in [-0.15, -0.1) is 0 Å². The Bertz CT molecular complexity index is 108. The summed E-state index contributed by atoms with van der Waals surface area (Å²) in [4.78, 5) is 1.27. The Morgan fingerprint density at radius 1 is 1.67 bits per heavy atom. The minimum atomic E-state index is -2.34. The van der Waals surface area contributed by atoms with Gasteiger partial charge in [-0.3, -0.25) is 4.90 Å². The maximum Gasteiger partial charge on any atom is 0.251 e. The first-order chi connectivity index (χ1) is 4.16. The van der Waals surface area contributed by atoms with E-state index >= 15 is 0 Å². The topological polar surface area (TPSA) is 27.0 Å². The second-order valence-corrected chi connectivity index (χ2v) is 1.75. The summed E-state index contributed by atoms with van der Waals surface area (Å²) in [5, 5.41) is 8.01. The molecule has 0 saturated heterocycles. The molecule has 0 unspecified atom stereocenters. The highest BCUT2D eigenvalue weighted by atomic mass is 19.3. The highest BCUT2D eigenvalue weighted by Crippen LogP contribution is 1.93. The summed E-state index contributed by atoms with van der Waals surface area (Å²) in [5.74, 6) is 0. The largest absolute Gasteiger partial charge is 0.288 e. The van der Waals surface area contributed by atoms with Gasteiger partial charge in [-0.05, 0) is 7.05 Å². The average Bonchev–Trinajstić information content (AvgIpc) is 1.63. The first kappa shape index (κ1) is 8.31. The molecule has 0 aromatic carbocycles. The summed E-state index contributed by atoms with van der Waals surface area (Å²) >= 11 is 0. The lowest BCUT2D eigenvalue weighted by molar-refractivity contribution is 0.106. The Morgan fingerprint density at radius 2 is 2.22 bits per heavy atom. The van der Waals surface area contributed by atoms with E-state index in [0.717, 1.165) is 0 Å². The molecule has 9 heavy (non-hydrogen) atoms. The first-order valence-electron chi connectivity index (χ1n) is 2.50. The lowest BCUT2D eigenvalue weighted by atomic mass is 10.5. The molecule has 0 atom stereocenters. The summed E-state index contributed by atoms with van der Waals surface area (Å²) in [6.07, 6.45) is -2.34. The van der Waals surface area contributed by atoms with E-state index in [1.54, 1.807) is 6.07 Å². The van der Waals surface area contributed by atoms with Gasteiger partial charge >= 0.3 is 0 Å². The molecule has 0 rings (SSSR count). The van der Waals surface area contributed by atoms with Crippen LogP contribution in [0.3, 0.4) is 0 Å². The van der Waals surface area contributed by atoms with Crippen LogP contribution in [0.4, 0.5) is 8.78 Å². The summed E-state index contributed by atoms with van der Waals surface area (Å²) in [6, 6.07) is 1.77. The van der Waals surface area contributed by atoms with Crippen molar-refractivity contribution >= 4 is 0 Å². The van der Waals surface area contributed by atoms with Crippen LogP contribution in [0.5, 0.6) is 0 Å². The van der Waals surface area contributed by atoms with Crippen molar-refractivity contribution in [2.75, 3.05) is 20.1 Å². The summed E-state index contributed by atoms with van der Waals surface area (Å²) in [5.41, 5.74) is 0. The average molecular weight is 134 g/mol. The van der Waals surface area contributed by atoms with Crippen molar-refractivity contribution in [3.05, 3.63) is 0 Å². The predicted molar refractivity (Wildman–Crippen MR) is 29.1 cm³/mol. The van der Waals surface area contributed by atoms with Crippen molar-refractivity contribution in [1.29, 1.82) is 5.26 Å². The van der Waals surface area contributed by atoms with Crippen LogP contribution < -0.4 is 0 Å². The minimum Gasteiger partial charge on any atom is -0.288 e. The maximum atomic E-state index is 11.5. The van der Waals surface area contributed by atoms with Crippen LogP contribution in [0.25, 0.3) is 0 Å². The zero-order valence-corrected chi connectivity index (χ0v) is 5.14.